The van der Waals surface area contributed by atoms with E-state index in [2.05, 4.69) is 6.07 Å². The van der Waals surface area contributed by atoms with Gasteiger partial charge in [0.05, 0.1) is 6.07 Å². The van der Waals surface area contributed by atoms with E-state index in [0.29, 0.717) is 6.42 Å². The maximum atomic E-state index is 11.5. The van der Waals surface area contributed by atoms with Gasteiger partial charge in [0, 0.05) is 0 Å². The molecule has 0 aliphatic heterocycles. The predicted octanol–water partition coefficient (Wildman–Crippen LogP) is 1.29. The Labute approximate surface area is 94.4 Å². The highest BCUT2D eigenvalue weighted by Gasteiger charge is 2.60. The largest absolute Gasteiger partial charge is 0.459 e. The summed E-state index contributed by atoms with van der Waals surface area (Å²) in [6.07, 6.45) is 0.887. The normalized spacial score (nSPS) is 26.6. The van der Waals surface area contributed by atoms with Gasteiger partial charge in [0.1, 0.15) is 5.60 Å². The van der Waals surface area contributed by atoms with E-state index < -0.39 is 11.0 Å². The molecule has 0 aromatic rings. The van der Waals surface area contributed by atoms with Gasteiger partial charge in [-0.05, 0) is 33.1 Å². The highest BCUT2D eigenvalue weighted by molar-refractivity contribution is 5.84. The van der Waals surface area contributed by atoms with E-state index in [9.17, 15) is 4.79 Å². The molecule has 0 aromatic heterocycles. The average molecular weight is 225 g/mol. The lowest BCUT2D eigenvalue weighted by Gasteiger charge is -2.21. The van der Waals surface area contributed by atoms with Crippen molar-refractivity contribution in [3.05, 3.63) is 0 Å². The van der Waals surface area contributed by atoms with Gasteiger partial charge in [-0.3, -0.25) is 4.79 Å². The second kappa shape index (κ2) is 4.91. The Morgan fingerprint density at radius 1 is 1.44 bits per heavy atom. The Kier molecular flexibility index (Phi) is 4.40. The molecule has 88 valence electrons. The number of nitriles is 1. The standard InChI is InChI=1S/C10H15NO2.CO2/c1-7-5-10(7,6-11)8(12)13-9(2,3)4;2-1-3/h7H,5H2,1-4H3;. The van der Waals surface area contributed by atoms with Crippen LogP contribution in [0.15, 0.2) is 0 Å². The minimum Gasteiger partial charge on any atom is -0.459 e. The zero-order chi connectivity index (χ0) is 13.0. The first-order chi connectivity index (χ1) is 7.23. The fourth-order valence-corrected chi connectivity index (χ4v) is 1.28. The van der Waals surface area contributed by atoms with Crippen LogP contribution in [0.3, 0.4) is 0 Å². The summed E-state index contributed by atoms with van der Waals surface area (Å²) in [6, 6.07) is 2.05. The lowest BCUT2D eigenvalue weighted by molar-refractivity contribution is -0.191. The second-order valence-electron chi connectivity index (χ2n) is 4.77. The van der Waals surface area contributed by atoms with Crippen LogP contribution in [0.1, 0.15) is 34.1 Å². The topological polar surface area (TPSA) is 84.2 Å². The number of esters is 1. The SMILES string of the molecule is CC1CC1(C#N)C(=O)OC(C)(C)C.O=C=O. The number of ether oxygens (including phenoxy) is 1. The van der Waals surface area contributed by atoms with Gasteiger partial charge in [0.15, 0.2) is 5.41 Å². The molecule has 0 saturated heterocycles. The van der Waals surface area contributed by atoms with Crippen LogP contribution in [-0.2, 0) is 19.1 Å². The number of nitrogens with zero attached hydrogens (tertiary/aromatic N) is 1. The van der Waals surface area contributed by atoms with Crippen LogP contribution < -0.4 is 0 Å². The Bertz CT molecular complexity index is 344. The van der Waals surface area contributed by atoms with Crippen molar-refractivity contribution in [3.63, 3.8) is 0 Å². The molecule has 2 atom stereocenters. The summed E-state index contributed by atoms with van der Waals surface area (Å²) in [4.78, 5) is 27.8. The van der Waals surface area contributed by atoms with E-state index in [4.69, 9.17) is 19.6 Å². The van der Waals surface area contributed by atoms with Crippen molar-refractivity contribution in [2.45, 2.75) is 39.7 Å². The maximum absolute atomic E-state index is 11.5. The third-order valence-corrected chi connectivity index (χ3v) is 2.27. The Balaban J connectivity index is 0.000000673. The third kappa shape index (κ3) is 3.48. The van der Waals surface area contributed by atoms with Crippen molar-refractivity contribution in [2.75, 3.05) is 0 Å². The molecule has 0 aromatic carbocycles. The van der Waals surface area contributed by atoms with Gasteiger partial charge in [-0.2, -0.15) is 14.9 Å². The van der Waals surface area contributed by atoms with Crippen molar-refractivity contribution < 1.29 is 19.1 Å². The molecular weight excluding hydrogens is 210 g/mol. The molecule has 5 nitrogen and oxygen atoms in total. The van der Waals surface area contributed by atoms with Crippen LogP contribution in [0.5, 0.6) is 0 Å². The Hall–Kier alpha value is -1.66. The smallest absolute Gasteiger partial charge is 0.373 e. The van der Waals surface area contributed by atoms with Gasteiger partial charge in [-0.1, -0.05) is 6.92 Å². The lowest BCUT2D eigenvalue weighted by Crippen LogP contribution is -2.29. The molecule has 16 heavy (non-hydrogen) atoms. The highest BCUT2D eigenvalue weighted by atomic mass is 16.6. The fourth-order valence-electron chi connectivity index (χ4n) is 1.28. The molecule has 5 heteroatoms. The van der Waals surface area contributed by atoms with E-state index in [-0.39, 0.29) is 18.0 Å². The van der Waals surface area contributed by atoms with Crippen LogP contribution in [0.25, 0.3) is 0 Å². The van der Waals surface area contributed by atoms with E-state index in [1.807, 2.05) is 27.7 Å². The Morgan fingerprint density at radius 2 is 1.81 bits per heavy atom. The van der Waals surface area contributed by atoms with Crippen molar-refractivity contribution in [2.24, 2.45) is 11.3 Å². The molecule has 0 radical (unpaired) electrons. The quantitative estimate of drug-likeness (QED) is 0.628. The number of carbonyl (C=O) groups excluding carboxylic acids is 3. The van der Waals surface area contributed by atoms with Crippen LogP contribution >= 0.6 is 0 Å². The summed E-state index contributed by atoms with van der Waals surface area (Å²) < 4.78 is 5.16. The highest BCUT2D eigenvalue weighted by Crippen LogP contribution is 2.52. The number of carbonyl (C=O) groups is 1. The minimum absolute atomic E-state index is 0.146. The summed E-state index contributed by atoms with van der Waals surface area (Å²) in [5.74, 6) is -0.220. The Morgan fingerprint density at radius 3 is 2.00 bits per heavy atom. The molecule has 0 heterocycles. The minimum atomic E-state index is -0.840. The summed E-state index contributed by atoms with van der Waals surface area (Å²) in [5.41, 5.74) is -1.34. The first-order valence-electron chi connectivity index (χ1n) is 4.87. The zero-order valence-corrected chi connectivity index (χ0v) is 9.86. The predicted molar refractivity (Wildman–Crippen MR) is 52.7 cm³/mol. The molecule has 1 aliphatic carbocycles. The van der Waals surface area contributed by atoms with Gasteiger partial charge in [-0.15, -0.1) is 0 Å². The van der Waals surface area contributed by atoms with Gasteiger partial charge >= 0.3 is 12.1 Å². The first kappa shape index (κ1) is 14.3. The summed E-state index contributed by atoms with van der Waals surface area (Å²) >= 11 is 0. The molecular formula is C11H15NO4. The summed E-state index contributed by atoms with van der Waals surface area (Å²) in [5, 5.41) is 8.84. The van der Waals surface area contributed by atoms with E-state index in [1.54, 1.807) is 0 Å². The van der Waals surface area contributed by atoms with Crippen LogP contribution in [0.2, 0.25) is 0 Å². The van der Waals surface area contributed by atoms with Crippen LogP contribution in [0, 0.1) is 22.7 Å². The molecule has 1 rings (SSSR count). The van der Waals surface area contributed by atoms with E-state index >= 15 is 0 Å². The van der Waals surface area contributed by atoms with Gasteiger partial charge in [-0.25, -0.2) is 0 Å². The van der Waals surface area contributed by atoms with Gasteiger partial charge < -0.3 is 4.74 Å². The van der Waals surface area contributed by atoms with Crippen LogP contribution in [0.4, 0.5) is 0 Å². The summed E-state index contributed by atoms with van der Waals surface area (Å²) in [7, 11) is 0. The maximum Gasteiger partial charge on any atom is 0.373 e. The second-order valence-corrected chi connectivity index (χ2v) is 4.77. The molecule has 0 N–H and O–H groups in total. The fraction of sp³-hybridized carbons (Fsp3) is 0.727. The van der Waals surface area contributed by atoms with Crippen molar-refractivity contribution in [1.82, 2.24) is 0 Å². The molecule has 0 spiro atoms. The third-order valence-electron chi connectivity index (χ3n) is 2.27. The van der Waals surface area contributed by atoms with Gasteiger partial charge in [0.2, 0.25) is 0 Å². The van der Waals surface area contributed by atoms with Crippen molar-refractivity contribution in [1.29, 1.82) is 5.26 Å². The van der Waals surface area contributed by atoms with Crippen molar-refractivity contribution >= 4 is 12.1 Å². The summed E-state index contributed by atoms with van der Waals surface area (Å²) in [6.45, 7) is 7.32. The van der Waals surface area contributed by atoms with E-state index in [1.165, 1.54) is 0 Å². The molecule has 0 amide bonds. The number of hydrogen-bond donors (Lipinski definition) is 0. The molecule has 1 saturated carbocycles. The van der Waals surface area contributed by atoms with E-state index in [0.717, 1.165) is 0 Å². The zero-order valence-electron chi connectivity index (χ0n) is 9.86. The lowest BCUT2D eigenvalue weighted by atomic mass is 10.1. The molecule has 0 bridgehead atoms. The number of rotatable bonds is 1. The van der Waals surface area contributed by atoms with Gasteiger partial charge in [0.25, 0.3) is 0 Å². The average Bonchev–Trinajstić information content (AvgIpc) is 2.76. The van der Waals surface area contributed by atoms with Crippen molar-refractivity contribution in [3.8, 4) is 6.07 Å². The monoisotopic (exact) mass is 225 g/mol. The molecule has 1 aliphatic rings. The number of hydrogen-bond acceptors (Lipinski definition) is 5. The van der Waals surface area contributed by atoms with Crippen LogP contribution in [-0.4, -0.2) is 17.7 Å². The molecule has 2 unspecified atom stereocenters. The molecule has 1 fully saturated rings. The first-order valence-corrected chi connectivity index (χ1v) is 4.87.